The minimum absolute atomic E-state index is 0.284. The van der Waals surface area contributed by atoms with Crippen LogP contribution >= 0.6 is 11.3 Å². The highest BCUT2D eigenvalue weighted by Gasteiger charge is 2.40. The highest BCUT2D eigenvalue weighted by Crippen LogP contribution is 2.38. The van der Waals surface area contributed by atoms with Crippen LogP contribution in [-0.2, 0) is 16.0 Å². The molecule has 31 heavy (non-hydrogen) atoms. The first-order chi connectivity index (χ1) is 14.9. The number of benzene rings is 2. The summed E-state index contributed by atoms with van der Waals surface area (Å²) in [6.45, 7) is 4.72. The molecule has 0 radical (unpaired) electrons. The summed E-state index contributed by atoms with van der Waals surface area (Å²) >= 11 is 1.65. The molecule has 2 aliphatic heterocycles. The number of fused-ring (bicyclic) bond motifs is 5. The maximum Gasteiger partial charge on any atom is 0.328 e. The molecule has 4 amide bonds. The molecule has 0 saturated carbocycles. The Morgan fingerprint density at radius 2 is 1.65 bits per heavy atom. The zero-order valence-corrected chi connectivity index (χ0v) is 18.8. The maximum atomic E-state index is 12.3. The van der Waals surface area contributed by atoms with E-state index in [1.165, 1.54) is 37.2 Å². The lowest BCUT2D eigenvalue weighted by Crippen LogP contribution is -2.56. The van der Waals surface area contributed by atoms with Crippen molar-refractivity contribution in [3.8, 4) is 5.00 Å². The monoisotopic (exact) mass is 445 g/mol. The first kappa shape index (κ1) is 18.5. The van der Waals surface area contributed by atoms with E-state index in [0.717, 1.165) is 4.88 Å². The molecule has 0 bridgehead atoms. The summed E-state index contributed by atoms with van der Waals surface area (Å²) in [5.74, 6) is -1.96. The van der Waals surface area contributed by atoms with E-state index in [2.05, 4.69) is 76.8 Å². The van der Waals surface area contributed by atoms with E-state index >= 15 is 0 Å². The van der Waals surface area contributed by atoms with E-state index in [9.17, 15) is 14.4 Å². The Labute approximate surface area is 182 Å². The zero-order chi connectivity index (χ0) is 21.5. The van der Waals surface area contributed by atoms with Crippen molar-refractivity contribution in [2.24, 2.45) is 5.92 Å². The minimum atomic E-state index is -1.98. The molecule has 1 fully saturated rings. The number of imide groups is 2. The SMILES string of the molecule is C[Si]1(C)c2cc(CC3C(=O)NC(=O)NC3=O)sc2-n2c3ccccc3c3cccc1c32. The van der Waals surface area contributed by atoms with Crippen LogP contribution in [0.4, 0.5) is 4.79 Å². The smallest absolute Gasteiger partial charge is 0.301 e. The van der Waals surface area contributed by atoms with Gasteiger partial charge >= 0.3 is 6.03 Å². The standard InChI is InChI=1S/C23H19N3O3SSi/c1-31(2)17-9-5-7-14-13-6-3-4-8-16(13)26(19(14)17)22-18(31)11-12(30-22)10-15-20(27)24-23(29)25-21(15)28/h3-9,11,15H,10H2,1-2H3,(H2,24,25,27,28,29). The molecule has 0 atom stereocenters. The van der Waals surface area contributed by atoms with Crippen LogP contribution in [0, 0.1) is 5.92 Å². The Balaban J connectivity index is 1.56. The molecule has 0 aliphatic carbocycles. The number of hydrogen-bond donors (Lipinski definition) is 2. The van der Waals surface area contributed by atoms with Gasteiger partial charge in [-0.3, -0.25) is 20.2 Å². The van der Waals surface area contributed by atoms with Gasteiger partial charge in [0.05, 0.1) is 16.0 Å². The third-order valence-electron chi connectivity index (χ3n) is 6.52. The van der Waals surface area contributed by atoms with E-state index in [0.29, 0.717) is 0 Å². The van der Waals surface area contributed by atoms with Crippen molar-refractivity contribution < 1.29 is 14.4 Å². The second-order valence-corrected chi connectivity index (χ2v) is 14.1. The molecule has 4 heterocycles. The van der Waals surface area contributed by atoms with Crippen LogP contribution < -0.4 is 21.0 Å². The van der Waals surface area contributed by atoms with Crippen LogP contribution in [0.15, 0.2) is 48.5 Å². The number of barbiturate groups is 1. The van der Waals surface area contributed by atoms with Crippen molar-refractivity contribution >= 4 is 69.4 Å². The lowest BCUT2D eigenvalue weighted by atomic mass is 10.0. The van der Waals surface area contributed by atoms with Gasteiger partial charge in [0.1, 0.15) is 14.0 Å². The molecular weight excluding hydrogens is 426 g/mol. The second-order valence-electron chi connectivity index (χ2n) is 8.68. The van der Waals surface area contributed by atoms with Crippen molar-refractivity contribution in [2.75, 3.05) is 0 Å². The Hall–Kier alpha value is -3.23. The first-order valence-corrected chi connectivity index (χ1v) is 14.0. The number of thiophene rings is 1. The van der Waals surface area contributed by atoms with Crippen molar-refractivity contribution in [3.63, 3.8) is 0 Å². The molecule has 8 heteroatoms. The average molecular weight is 446 g/mol. The van der Waals surface area contributed by atoms with Gasteiger partial charge in [-0.1, -0.05) is 49.5 Å². The van der Waals surface area contributed by atoms with Gasteiger partial charge in [-0.15, -0.1) is 11.3 Å². The van der Waals surface area contributed by atoms with Crippen molar-refractivity contribution in [1.29, 1.82) is 0 Å². The predicted molar refractivity (Wildman–Crippen MR) is 124 cm³/mol. The number of rotatable bonds is 2. The Morgan fingerprint density at radius 3 is 2.42 bits per heavy atom. The van der Waals surface area contributed by atoms with Crippen molar-refractivity contribution in [1.82, 2.24) is 15.2 Å². The summed E-state index contributed by atoms with van der Waals surface area (Å²) < 4.78 is 2.35. The van der Waals surface area contributed by atoms with Gasteiger partial charge in [0.2, 0.25) is 11.8 Å². The van der Waals surface area contributed by atoms with Gasteiger partial charge in [-0.2, -0.15) is 0 Å². The van der Waals surface area contributed by atoms with Crippen LogP contribution in [0.1, 0.15) is 4.88 Å². The summed E-state index contributed by atoms with van der Waals surface area (Å²) in [5.41, 5.74) is 2.45. The maximum absolute atomic E-state index is 12.3. The Bertz CT molecular complexity index is 1450. The topological polar surface area (TPSA) is 80.2 Å². The number of urea groups is 1. The van der Waals surface area contributed by atoms with Crippen LogP contribution in [0.2, 0.25) is 13.1 Å². The van der Waals surface area contributed by atoms with Gasteiger partial charge in [-0.25, -0.2) is 4.79 Å². The molecule has 0 unspecified atom stereocenters. The fraction of sp³-hybridized carbons (Fsp3) is 0.174. The molecule has 0 spiro atoms. The van der Waals surface area contributed by atoms with Crippen molar-refractivity contribution in [2.45, 2.75) is 19.5 Å². The lowest BCUT2D eigenvalue weighted by Gasteiger charge is -2.30. The number of hydrogen-bond acceptors (Lipinski definition) is 4. The number of nitrogens with zero attached hydrogens (tertiary/aromatic N) is 1. The summed E-state index contributed by atoms with van der Waals surface area (Å²) in [4.78, 5) is 36.9. The first-order valence-electron chi connectivity index (χ1n) is 10.2. The number of aromatic nitrogens is 1. The molecule has 2 aromatic heterocycles. The summed E-state index contributed by atoms with van der Waals surface area (Å²) in [5, 5.41) is 10.8. The van der Waals surface area contributed by atoms with Gasteiger partial charge < -0.3 is 4.57 Å². The highest BCUT2D eigenvalue weighted by molar-refractivity contribution is 7.19. The van der Waals surface area contributed by atoms with E-state index in [-0.39, 0.29) is 6.42 Å². The predicted octanol–water partition coefficient (Wildman–Crippen LogP) is 2.51. The zero-order valence-electron chi connectivity index (χ0n) is 17.0. The summed E-state index contributed by atoms with van der Waals surface area (Å²) in [6.07, 6.45) is 0.284. The number of para-hydroxylation sites is 2. The number of amides is 4. The molecule has 1 saturated heterocycles. The average Bonchev–Trinajstić information content (AvgIpc) is 3.29. The Kier molecular flexibility index (Phi) is 3.67. The van der Waals surface area contributed by atoms with E-state index in [1.807, 2.05) is 0 Å². The fourth-order valence-electron chi connectivity index (χ4n) is 4.96. The molecule has 2 aromatic carbocycles. The van der Waals surface area contributed by atoms with E-state index in [1.54, 1.807) is 11.3 Å². The molecule has 2 aliphatic rings. The molecule has 2 N–H and O–H groups in total. The Morgan fingerprint density at radius 1 is 0.935 bits per heavy atom. The number of carbonyl (C=O) groups is 3. The summed E-state index contributed by atoms with van der Waals surface area (Å²) in [6, 6.07) is 16.5. The van der Waals surface area contributed by atoms with Crippen LogP contribution in [0.5, 0.6) is 0 Å². The molecular formula is C23H19N3O3SSi. The fourth-order valence-corrected chi connectivity index (χ4v) is 9.93. The van der Waals surface area contributed by atoms with E-state index in [4.69, 9.17) is 0 Å². The van der Waals surface area contributed by atoms with Gasteiger partial charge in [0, 0.05) is 22.1 Å². The summed E-state index contributed by atoms with van der Waals surface area (Å²) in [7, 11) is -1.98. The van der Waals surface area contributed by atoms with Crippen LogP contribution in [0.3, 0.4) is 0 Å². The van der Waals surface area contributed by atoms with Gasteiger partial charge in [-0.05, 0) is 22.5 Å². The molecule has 6 rings (SSSR count). The number of carbonyl (C=O) groups excluding carboxylic acids is 3. The second kappa shape index (κ2) is 6.15. The van der Waals surface area contributed by atoms with Gasteiger partial charge in [0.25, 0.3) is 0 Å². The van der Waals surface area contributed by atoms with Crippen LogP contribution in [0.25, 0.3) is 26.8 Å². The number of nitrogens with one attached hydrogen (secondary N) is 2. The highest BCUT2D eigenvalue weighted by atomic mass is 32.1. The molecule has 154 valence electrons. The third-order valence-corrected chi connectivity index (χ3v) is 11.3. The quantitative estimate of drug-likeness (QED) is 0.368. The lowest BCUT2D eigenvalue weighted by molar-refractivity contribution is -0.135. The molecule has 6 nitrogen and oxygen atoms in total. The third kappa shape index (κ3) is 2.46. The molecule has 4 aromatic rings. The van der Waals surface area contributed by atoms with Gasteiger partial charge in [0.15, 0.2) is 0 Å². The normalized spacial score (nSPS) is 17.7. The van der Waals surface area contributed by atoms with Crippen LogP contribution in [-0.4, -0.2) is 30.5 Å². The van der Waals surface area contributed by atoms with E-state index < -0.39 is 31.8 Å². The van der Waals surface area contributed by atoms with Crippen molar-refractivity contribution in [3.05, 3.63) is 53.4 Å². The largest absolute Gasteiger partial charge is 0.328 e. The minimum Gasteiger partial charge on any atom is -0.301 e.